The van der Waals surface area contributed by atoms with E-state index in [1.165, 1.54) is 6.92 Å². The van der Waals surface area contributed by atoms with Gasteiger partial charge in [0.2, 0.25) is 5.91 Å². The Bertz CT molecular complexity index is 626. The summed E-state index contributed by atoms with van der Waals surface area (Å²) >= 11 is 0. The number of carbonyl (C=O) groups is 1. The number of nitrogens with two attached hydrogens (primary N) is 1. The molecule has 0 spiro atoms. The topological polar surface area (TPSA) is 89.3 Å². The lowest BCUT2D eigenvalue weighted by Gasteiger charge is -2.14. The van der Waals surface area contributed by atoms with E-state index in [2.05, 4.69) is 5.32 Å². The van der Waals surface area contributed by atoms with Crippen LogP contribution in [0.1, 0.15) is 12.5 Å². The molecule has 0 aliphatic carbocycles. The number of carbonyl (C=O) groups excluding carboxylic acids is 1. The Balaban J connectivity index is 2.98. The average molecular weight is 310 g/mol. The standard InChI is InChI=1S/C11H13F3N2O3S/c1-6(20(2,18)19)10(17)16-9-4-3-7(5-8(9)15)11(12,13)14/h3-6H,15H2,1-2H3,(H,16,17). The van der Waals surface area contributed by atoms with E-state index in [0.717, 1.165) is 18.4 Å². The first-order valence-electron chi connectivity index (χ1n) is 5.39. The lowest BCUT2D eigenvalue weighted by Crippen LogP contribution is -2.32. The molecule has 0 radical (unpaired) electrons. The van der Waals surface area contributed by atoms with E-state index < -0.39 is 32.7 Å². The molecule has 1 atom stereocenters. The van der Waals surface area contributed by atoms with Gasteiger partial charge in [0.1, 0.15) is 5.25 Å². The van der Waals surface area contributed by atoms with E-state index in [1.807, 2.05) is 0 Å². The van der Waals surface area contributed by atoms with E-state index in [0.29, 0.717) is 6.07 Å². The summed E-state index contributed by atoms with van der Waals surface area (Å²) in [5, 5.41) is 0.855. The van der Waals surface area contributed by atoms with Crippen LogP contribution < -0.4 is 11.1 Å². The number of hydrogen-bond acceptors (Lipinski definition) is 4. The van der Waals surface area contributed by atoms with Crippen molar-refractivity contribution in [2.45, 2.75) is 18.3 Å². The second-order valence-electron chi connectivity index (χ2n) is 4.26. The molecule has 0 aliphatic heterocycles. The summed E-state index contributed by atoms with van der Waals surface area (Å²) in [5.74, 6) is -0.862. The molecule has 0 saturated carbocycles. The number of benzene rings is 1. The number of amides is 1. The molecule has 0 aliphatic rings. The van der Waals surface area contributed by atoms with Crippen molar-refractivity contribution >= 4 is 27.1 Å². The summed E-state index contributed by atoms with van der Waals surface area (Å²) in [6, 6.07) is 2.39. The lowest BCUT2D eigenvalue weighted by atomic mass is 10.1. The number of anilines is 2. The van der Waals surface area contributed by atoms with Gasteiger partial charge < -0.3 is 11.1 Å². The summed E-state index contributed by atoms with van der Waals surface area (Å²) in [6.45, 7) is 1.17. The second-order valence-corrected chi connectivity index (χ2v) is 6.63. The van der Waals surface area contributed by atoms with Crippen molar-refractivity contribution in [1.82, 2.24) is 0 Å². The molecule has 5 nitrogen and oxygen atoms in total. The molecule has 1 unspecified atom stereocenters. The van der Waals surface area contributed by atoms with Gasteiger partial charge in [-0.25, -0.2) is 8.42 Å². The molecular formula is C11H13F3N2O3S. The van der Waals surface area contributed by atoms with E-state index >= 15 is 0 Å². The number of nitrogen functional groups attached to an aromatic ring is 1. The number of sulfone groups is 1. The molecule has 20 heavy (non-hydrogen) atoms. The molecule has 1 amide bonds. The quantitative estimate of drug-likeness (QED) is 0.831. The third-order valence-electron chi connectivity index (χ3n) is 2.65. The molecule has 0 bridgehead atoms. The maximum Gasteiger partial charge on any atom is 0.416 e. The first kappa shape index (κ1) is 16.3. The zero-order valence-corrected chi connectivity index (χ0v) is 11.5. The smallest absolute Gasteiger partial charge is 0.397 e. The monoisotopic (exact) mass is 310 g/mol. The van der Waals surface area contributed by atoms with Crippen molar-refractivity contribution in [2.75, 3.05) is 17.3 Å². The SMILES string of the molecule is CC(C(=O)Nc1ccc(C(F)(F)F)cc1N)S(C)(=O)=O. The summed E-state index contributed by atoms with van der Waals surface area (Å²) in [5.41, 5.74) is 4.09. The molecule has 0 aromatic heterocycles. The molecule has 1 aromatic rings. The molecule has 0 heterocycles. The average Bonchev–Trinajstić information content (AvgIpc) is 2.28. The van der Waals surface area contributed by atoms with Gasteiger partial charge in [0, 0.05) is 6.26 Å². The molecule has 9 heteroatoms. The van der Waals surface area contributed by atoms with Crippen molar-refractivity contribution in [3.8, 4) is 0 Å². The molecule has 1 rings (SSSR count). The zero-order chi connectivity index (χ0) is 15.7. The van der Waals surface area contributed by atoms with Crippen molar-refractivity contribution in [2.24, 2.45) is 0 Å². The van der Waals surface area contributed by atoms with E-state index in [9.17, 15) is 26.4 Å². The lowest BCUT2D eigenvalue weighted by molar-refractivity contribution is -0.137. The Labute approximate surface area is 113 Å². The van der Waals surface area contributed by atoms with Gasteiger partial charge in [0.25, 0.3) is 0 Å². The molecule has 3 N–H and O–H groups in total. The highest BCUT2D eigenvalue weighted by molar-refractivity contribution is 7.92. The second kappa shape index (κ2) is 5.31. The van der Waals surface area contributed by atoms with Crippen LogP contribution in [0, 0.1) is 0 Å². The number of hydrogen-bond donors (Lipinski definition) is 2. The van der Waals surface area contributed by atoms with Crippen LogP contribution in [0.5, 0.6) is 0 Å². The van der Waals surface area contributed by atoms with E-state index in [4.69, 9.17) is 5.73 Å². The van der Waals surface area contributed by atoms with Crippen molar-refractivity contribution in [3.05, 3.63) is 23.8 Å². The van der Waals surface area contributed by atoms with Crippen molar-refractivity contribution < 1.29 is 26.4 Å². The van der Waals surface area contributed by atoms with E-state index in [-0.39, 0.29) is 11.4 Å². The Morgan fingerprint density at radius 2 is 1.90 bits per heavy atom. The van der Waals surface area contributed by atoms with Crippen molar-refractivity contribution in [1.29, 1.82) is 0 Å². The first-order valence-corrected chi connectivity index (χ1v) is 7.35. The minimum atomic E-state index is -4.54. The van der Waals surface area contributed by atoms with Crippen LogP contribution in [0.4, 0.5) is 24.5 Å². The molecule has 112 valence electrons. The predicted molar refractivity (Wildman–Crippen MR) is 68.8 cm³/mol. The predicted octanol–water partition coefficient (Wildman–Crippen LogP) is 1.66. The van der Waals surface area contributed by atoms with Gasteiger partial charge in [-0.2, -0.15) is 13.2 Å². The third-order valence-corrected chi connectivity index (χ3v) is 4.15. The van der Waals surface area contributed by atoms with Crippen LogP contribution in [0.2, 0.25) is 0 Å². The highest BCUT2D eigenvalue weighted by Gasteiger charge is 2.31. The fourth-order valence-corrected chi connectivity index (χ4v) is 1.73. The van der Waals surface area contributed by atoms with Crippen LogP contribution in [-0.4, -0.2) is 25.8 Å². The third kappa shape index (κ3) is 3.86. The van der Waals surface area contributed by atoms with Gasteiger partial charge in [-0.15, -0.1) is 0 Å². The van der Waals surface area contributed by atoms with Crippen LogP contribution in [0.3, 0.4) is 0 Å². The normalized spacial score (nSPS) is 13.8. The van der Waals surface area contributed by atoms with Gasteiger partial charge in [-0.05, 0) is 25.1 Å². The van der Waals surface area contributed by atoms with Gasteiger partial charge in [-0.1, -0.05) is 0 Å². The fraction of sp³-hybridized carbons (Fsp3) is 0.364. The van der Waals surface area contributed by atoms with Crippen LogP contribution in [-0.2, 0) is 20.8 Å². The van der Waals surface area contributed by atoms with Gasteiger partial charge >= 0.3 is 6.18 Å². The highest BCUT2D eigenvalue weighted by atomic mass is 32.2. The molecule has 0 fully saturated rings. The molecular weight excluding hydrogens is 297 g/mol. The number of alkyl halides is 3. The van der Waals surface area contributed by atoms with Gasteiger partial charge in [0.15, 0.2) is 9.84 Å². The number of halogens is 3. The zero-order valence-electron chi connectivity index (χ0n) is 10.7. The van der Waals surface area contributed by atoms with Crippen LogP contribution in [0.15, 0.2) is 18.2 Å². The van der Waals surface area contributed by atoms with Crippen molar-refractivity contribution in [3.63, 3.8) is 0 Å². The first-order chi connectivity index (χ1) is 8.93. The number of nitrogens with one attached hydrogen (secondary N) is 1. The van der Waals surface area contributed by atoms with Gasteiger partial charge in [0.05, 0.1) is 16.9 Å². The number of rotatable bonds is 3. The molecule has 0 saturated heterocycles. The Kier molecular flexibility index (Phi) is 4.33. The summed E-state index contributed by atoms with van der Waals surface area (Å²) in [6.07, 6.45) is -3.66. The van der Waals surface area contributed by atoms with E-state index in [1.54, 1.807) is 0 Å². The summed E-state index contributed by atoms with van der Waals surface area (Å²) in [4.78, 5) is 11.6. The Morgan fingerprint density at radius 1 is 1.35 bits per heavy atom. The van der Waals surface area contributed by atoms with Crippen LogP contribution in [0.25, 0.3) is 0 Å². The summed E-state index contributed by atoms with van der Waals surface area (Å²) < 4.78 is 59.7. The minimum Gasteiger partial charge on any atom is -0.397 e. The minimum absolute atomic E-state index is 0.0708. The maximum absolute atomic E-state index is 12.4. The highest BCUT2D eigenvalue weighted by Crippen LogP contribution is 2.32. The maximum atomic E-state index is 12.4. The van der Waals surface area contributed by atoms with Gasteiger partial charge in [-0.3, -0.25) is 4.79 Å². The summed E-state index contributed by atoms with van der Waals surface area (Å²) in [7, 11) is -3.60. The Hall–Kier alpha value is -1.77. The Morgan fingerprint density at radius 3 is 2.30 bits per heavy atom. The van der Waals surface area contributed by atoms with Crippen LogP contribution >= 0.6 is 0 Å². The fourth-order valence-electron chi connectivity index (χ4n) is 1.28. The largest absolute Gasteiger partial charge is 0.416 e. The molecule has 1 aromatic carbocycles.